The maximum absolute atomic E-state index is 5.02. The van der Waals surface area contributed by atoms with E-state index in [2.05, 4.69) is 155 Å². The lowest BCUT2D eigenvalue weighted by Gasteiger charge is -2.22. The van der Waals surface area contributed by atoms with Crippen LogP contribution in [0, 0.1) is 0 Å². The van der Waals surface area contributed by atoms with Gasteiger partial charge in [-0.3, -0.25) is 9.97 Å². The fourth-order valence-electron chi connectivity index (χ4n) is 10.3. The number of pyridine rings is 2. The van der Waals surface area contributed by atoms with Crippen LogP contribution in [0.5, 0.6) is 0 Å². The van der Waals surface area contributed by atoms with E-state index in [0.29, 0.717) is 0 Å². The lowest BCUT2D eigenvalue weighted by atomic mass is 9.92. The van der Waals surface area contributed by atoms with Crippen LogP contribution in [0.15, 0.2) is 158 Å². The van der Waals surface area contributed by atoms with Crippen LogP contribution in [-0.4, -0.2) is 9.97 Å². The molecular weight excluding hydrogens is 681 g/mol. The van der Waals surface area contributed by atoms with E-state index in [1.54, 1.807) is 0 Å². The van der Waals surface area contributed by atoms with Crippen LogP contribution in [0.4, 0.5) is 11.4 Å². The standard InChI is InChI=1S/C52H34N4/c1-3-7-39-31(5-1)9-11-33-13-15-35-17-19-37-27-55(29-43(37)49(35)47(33)39)45-23-25-53-51-41(45)21-22-42-46(24-26-54-52(42)51)56-28-38-20-18-36-16-14-34-12-10-32-6-2-4-8-40(32)48(34)50(36)44(38)30-56/h1-26H,27-30H2. The molecule has 0 aliphatic carbocycles. The maximum Gasteiger partial charge on any atom is 0.0986 e. The van der Waals surface area contributed by atoms with Crippen LogP contribution in [0.2, 0.25) is 0 Å². The van der Waals surface area contributed by atoms with E-state index in [9.17, 15) is 0 Å². The van der Waals surface area contributed by atoms with Crippen molar-refractivity contribution in [3.8, 4) is 0 Å². The predicted molar refractivity (Wildman–Crippen MR) is 235 cm³/mol. The molecule has 2 aromatic heterocycles. The number of rotatable bonds is 2. The van der Waals surface area contributed by atoms with Crippen molar-refractivity contribution < 1.29 is 0 Å². The van der Waals surface area contributed by atoms with Gasteiger partial charge in [-0.15, -0.1) is 0 Å². The summed E-state index contributed by atoms with van der Waals surface area (Å²) in [5, 5.41) is 18.2. The molecule has 262 valence electrons. The molecule has 0 saturated heterocycles. The lowest BCUT2D eigenvalue weighted by Crippen LogP contribution is -2.16. The first-order valence-electron chi connectivity index (χ1n) is 19.6. The zero-order chi connectivity index (χ0) is 36.5. The molecular formula is C52H34N4. The van der Waals surface area contributed by atoms with Gasteiger partial charge in [-0.2, -0.15) is 0 Å². The highest BCUT2D eigenvalue weighted by molar-refractivity contribution is 6.23. The minimum atomic E-state index is 0.851. The Kier molecular flexibility index (Phi) is 6.09. The van der Waals surface area contributed by atoms with Gasteiger partial charge in [0.1, 0.15) is 0 Å². The summed E-state index contributed by atoms with van der Waals surface area (Å²) in [6.45, 7) is 3.43. The second-order valence-electron chi connectivity index (χ2n) is 15.7. The predicted octanol–water partition coefficient (Wildman–Crippen LogP) is 12.7. The molecule has 0 spiro atoms. The minimum Gasteiger partial charge on any atom is -0.362 e. The Morgan fingerprint density at radius 1 is 0.321 bits per heavy atom. The van der Waals surface area contributed by atoms with Gasteiger partial charge in [0.25, 0.3) is 0 Å². The van der Waals surface area contributed by atoms with E-state index in [-0.39, 0.29) is 0 Å². The summed E-state index contributed by atoms with van der Waals surface area (Å²) in [6.07, 6.45) is 3.95. The summed E-state index contributed by atoms with van der Waals surface area (Å²) < 4.78 is 0. The van der Waals surface area contributed by atoms with Crippen molar-refractivity contribution in [2.75, 3.05) is 9.80 Å². The topological polar surface area (TPSA) is 32.3 Å². The third-order valence-electron chi connectivity index (χ3n) is 12.9. The number of nitrogens with zero attached hydrogens (tertiary/aromatic N) is 4. The maximum atomic E-state index is 5.02. The molecule has 9 aromatic carbocycles. The fraction of sp³-hybridized carbons (Fsp3) is 0.0769. The molecule has 0 atom stereocenters. The van der Waals surface area contributed by atoms with Crippen molar-refractivity contribution in [1.82, 2.24) is 9.97 Å². The molecule has 0 bridgehead atoms. The molecule has 2 aliphatic heterocycles. The Hall–Kier alpha value is -7.04. The Bertz CT molecular complexity index is 3270. The van der Waals surface area contributed by atoms with Crippen LogP contribution in [-0.2, 0) is 26.2 Å². The molecule has 0 radical (unpaired) electrons. The lowest BCUT2D eigenvalue weighted by molar-refractivity contribution is 0.885. The minimum absolute atomic E-state index is 0.851. The van der Waals surface area contributed by atoms with E-state index in [0.717, 1.165) is 48.0 Å². The van der Waals surface area contributed by atoms with Crippen molar-refractivity contribution >= 4 is 97.8 Å². The molecule has 4 heteroatoms. The molecule has 0 saturated carbocycles. The Morgan fingerprint density at radius 2 is 0.714 bits per heavy atom. The molecule has 0 unspecified atom stereocenters. The average molecular weight is 715 g/mol. The van der Waals surface area contributed by atoms with Crippen LogP contribution >= 0.6 is 0 Å². The van der Waals surface area contributed by atoms with Crippen molar-refractivity contribution in [3.05, 3.63) is 180 Å². The zero-order valence-corrected chi connectivity index (χ0v) is 30.6. The van der Waals surface area contributed by atoms with Gasteiger partial charge in [-0.05, 0) is 111 Å². The Balaban J connectivity index is 0.914. The monoisotopic (exact) mass is 714 g/mol. The van der Waals surface area contributed by atoms with Crippen molar-refractivity contribution in [3.63, 3.8) is 0 Å². The third-order valence-corrected chi connectivity index (χ3v) is 12.9. The van der Waals surface area contributed by atoms with Gasteiger partial charge >= 0.3 is 0 Å². The van der Waals surface area contributed by atoms with Crippen LogP contribution in [0.3, 0.4) is 0 Å². The molecule has 0 N–H and O–H groups in total. The quantitative estimate of drug-likeness (QED) is 0.167. The number of hydrogen-bond donors (Lipinski definition) is 0. The summed E-state index contributed by atoms with van der Waals surface area (Å²) in [4.78, 5) is 15.1. The summed E-state index contributed by atoms with van der Waals surface area (Å²) in [7, 11) is 0. The van der Waals surface area contributed by atoms with Crippen molar-refractivity contribution in [1.29, 1.82) is 0 Å². The summed E-state index contributed by atoms with van der Waals surface area (Å²) in [5.74, 6) is 0. The number of anilines is 2. The highest BCUT2D eigenvalue weighted by Crippen LogP contribution is 2.44. The van der Waals surface area contributed by atoms with Gasteiger partial charge in [0, 0.05) is 60.7 Å². The van der Waals surface area contributed by atoms with Crippen LogP contribution < -0.4 is 9.80 Å². The van der Waals surface area contributed by atoms with Gasteiger partial charge in [0.2, 0.25) is 0 Å². The summed E-state index contributed by atoms with van der Waals surface area (Å²) in [5.41, 5.74) is 9.97. The second-order valence-corrected chi connectivity index (χ2v) is 15.7. The first-order chi connectivity index (χ1) is 27.7. The largest absolute Gasteiger partial charge is 0.362 e. The van der Waals surface area contributed by atoms with E-state index in [4.69, 9.17) is 9.97 Å². The number of fused-ring (bicyclic) bond motifs is 17. The molecule has 11 aromatic rings. The normalized spacial score (nSPS) is 14.1. The molecule has 0 amide bonds. The number of aromatic nitrogens is 2. The van der Waals surface area contributed by atoms with Crippen molar-refractivity contribution in [2.45, 2.75) is 26.2 Å². The van der Waals surface area contributed by atoms with Gasteiger partial charge in [-0.1, -0.05) is 121 Å². The molecule has 4 nitrogen and oxygen atoms in total. The van der Waals surface area contributed by atoms with Gasteiger partial charge < -0.3 is 9.80 Å². The molecule has 56 heavy (non-hydrogen) atoms. The first-order valence-corrected chi connectivity index (χ1v) is 19.6. The SMILES string of the molecule is c1ccc2c(c1)ccc1ccc3ccc4c(c3c12)CN(c1ccnc2c1ccc1c(N3Cc5ccc6ccc7ccc8ccccc8c7c6c5C3)ccnc12)C4. The smallest absolute Gasteiger partial charge is 0.0986 e. The van der Waals surface area contributed by atoms with Crippen LogP contribution in [0.25, 0.3) is 86.4 Å². The zero-order valence-electron chi connectivity index (χ0n) is 30.6. The van der Waals surface area contributed by atoms with E-state index in [1.807, 2.05) is 12.4 Å². The highest BCUT2D eigenvalue weighted by atomic mass is 15.2. The van der Waals surface area contributed by atoms with E-state index in [1.165, 1.54) is 98.3 Å². The molecule has 0 fully saturated rings. The van der Waals surface area contributed by atoms with Gasteiger partial charge in [-0.25, -0.2) is 0 Å². The number of hydrogen-bond acceptors (Lipinski definition) is 4. The highest BCUT2D eigenvalue weighted by Gasteiger charge is 2.27. The number of benzene rings is 9. The Labute approximate surface area is 322 Å². The summed E-state index contributed by atoms with van der Waals surface area (Å²) >= 11 is 0. The molecule has 2 aliphatic rings. The van der Waals surface area contributed by atoms with Gasteiger partial charge in [0.15, 0.2) is 0 Å². The molecule has 13 rings (SSSR count). The average Bonchev–Trinajstić information content (AvgIpc) is 3.90. The van der Waals surface area contributed by atoms with Crippen molar-refractivity contribution in [2.24, 2.45) is 0 Å². The fourth-order valence-corrected chi connectivity index (χ4v) is 10.3. The molecule has 4 heterocycles. The summed E-state index contributed by atoms with van der Waals surface area (Å²) in [6, 6.07) is 54.0. The second kappa shape index (κ2) is 11.2. The first kappa shape index (κ1) is 30.3. The Morgan fingerprint density at radius 3 is 1.18 bits per heavy atom. The third kappa shape index (κ3) is 4.18. The van der Waals surface area contributed by atoms with E-state index < -0.39 is 0 Å². The van der Waals surface area contributed by atoms with Crippen LogP contribution in [0.1, 0.15) is 22.3 Å². The van der Waals surface area contributed by atoms with Gasteiger partial charge in [0.05, 0.1) is 11.0 Å². The van der Waals surface area contributed by atoms with E-state index >= 15 is 0 Å².